The van der Waals surface area contributed by atoms with E-state index in [2.05, 4.69) is 42.9 Å². The first-order chi connectivity index (χ1) is 6.94. The van der Waals surface area contributed by atoms with Crippen molar-refractivity contribution in [2.24, 2.45) is 5.41 Å². The van der Waals surface area contributed by atoms with Gasteiger partial charge in [-0.1, -0.05) is 26.8 Å². The molecule has 0 radical (unpaired) electrons. The monoisotopic (exact) mass is 222 g/mol. The molecule has 0 unspecified atom stereocenters. The Morgan fingerprint density at radius 2 is 2.07 bits per heavy atom. The average Bonchev–Trinajstić information content (AvgIpc) is 2.40. The van der Waals surface area contributed by atoms with E-state index in [1.54, 1.807) is 0 Å². The first-order valence-electron chi connectivity index (χ1n) is 5.08. The molecule has 0 amide bonds. The minimum atomic E-state index is 0.303. The van der Waals surface area contributed by atoms with Crippen molar-refractivity contribution in [3.05, 3.63) is 29.0 Å². The molecule has 0 saturated carbocycles. The number of nitrogens with zero attached hydrogens (tertiary/aromatic N) is 1. The molecule has 0 saturated heterocycles. The summed E-state index contributed by atoms with van der Waals surface area (Å²) in [4.78, 5) is 7.20. The fourth-order valence-corrected chi connectivity index (χ4v) is 1.94. The Hall–Kier alpha value is -1.02. The molecule has 2 aromatic rings. The van der Waals surface area contributed by atoms with Crippen LogP contribution >= 0.6 is 11.6 Å². The van der Waals surface area contributed by atoms with Crippen LogP contribution in [-0.2, 0) is 6.42 Å². The predicted octanol–water partition coefficient (Wildman–Crippen LogP) is 3.80. The van der Waals surface area contributed by atoms with Crippen molar-refractivity contribution in [1.29, 1.82) is 0 Å². The van der Waals surface area contributed by atoms with Crippen molar-refractivity contribution in [2.45, 2.75) is 27.2 Å². The van der Waals surface area contributed by atoms with Crippen molar-refractivity contribution in [1.82, 2.24) is 9.97 Å². The van der Waals surface area contributed by atoms with Crippen LogP contribution in [0, 0.1) is 5.41 Å². The summed E-state index contributed by atoms with van der Waals surface area (Å²) >= 11 is 5.80. The molecule has 0 fully saturated rings. The van der Waals surface area contributed by atoms with Crippen molar-refractivity contribution in [3.8, 4) is 0 Å². The first kappa shape index (κ1) is 10.5. The molecule has 0 bridgehead atoms. The summed E-state index contributed by atoms with van der Waals surface area (Å²) in [5, 5.41) is 0.456. The van der Waals surface area contributed by atoms with E-state index in [1.165, 1.54) is 5.56 Å². The number of fused-ring (bicyclic) bond motifs is 1. The van der Waals surface area contributed by atoms with Gasteiger partial charge >= 0.3 is 0 Å². The van der Waals surface area contributed by atoms with Gasteiger partial charge in [-0.3, -0.25) is 0 Å². The van der Waals surface area contributed by atoms with Crippen LogP contribution < -0.4 is 0 Å². The topological polar surface area (TPSA) is 28.7 Å². The number of hydrogen-bond donors (Lipinski definition) is 1. The number of nitrogens with one attached hydrogen (secondary N) is 1. The lowest BCUT2D eigenvalue weighted by Gasteiger charge is -2.17. The van der Waals surface area contributed by atoms with E-state index in [0.717, 1.165) is 17.5 Å². The Balaban J connectivity index is 2.38. The minimum absolute atomic E-state index is 0.303. The average molecular weight is 223 g/mol. The second kappa shape index (κ2) is 3.53. The smallest absolute Gasteiger partial charge is 0.201 e. The second-order valence-electron chi connectivity index (χ2n) is 5.12. The number of H-pyrrole nitrogens is 1. The van der Waals surface area contributed by atoms with E-state index in [0.29, 0.717) is 10.7 Å². The van der Waals surface area contributed by atoms with E-state index in [-0.39, 0.29) is 0 Å². The van der Waals surface area contributed by atoms with Crippen LogP contribution in [0.5, 0.6) is 0 Å². The van der Waals surface area contributed by atoms with Crippen molar-refractivity contribution >= 4 is 22.6 Å². The highest BCUT2D eigenvalue weighted by Crippen LogP contribution is 2.23. The lowest BCUT2D eigenvalue weighted by atomic mass is 9.88. The number of rotatable bonds is 1. The fraction of sp³-hybridized carbons (Fsp3) is 0.417. The maximum absolute atomic E-state index is 5.80. The maximum atomic E-state index is 5.80. The van der Waals surface area contributed by atoms with Gasteiger partial charge in [-0.2, -0.15) is 0 Å². The molecule has 1 heterocycles. The van der Waals surface area contributed by atoms with Crippen LogP contribution in [0.15, 0.2) is 18.2 Å². The summed E-state index contributed by atoms with van der Waals surface area (Å²) in [6.07, 6.45) is 1.06. The Labute approximate surface area is 94.7 Å². The Morgan fingerprint density at radius 1 is 1.33 bits per heavy atom. The molecule has 1 N–H and O–H groups in total. The van der Waals surface area contributed by atoms with Gasteiger partial charge in [0.25, 0.3) is 0 Å². The number of benzene rings is 1. The number of hydrogen-bond acceptors (Lipinski definition) is 1. The summed E-state index contributed by atoms with van der Waals surface area (Å²) < 4.78 is 0. The Bertz CT molecular complexity index is 480. The molecule has 2 nitrogen and oxygen atoms in total. The van der Waals surface area contributed by atoms with Gasteiger partial charge in [0.05, 0.1) is 11.0 Å². The molecule has 1 aromatic carbocycles. The lowest BCUT2D eigenvalue weighted by molar-refractivity contribution is 0.411. The van der Waals surface area contributed by atoms with Gasteiger partial charge in [0.15, 0.2) is 0 Å². The van der Waals surface area contributed by atoms with Gasteiger partial charge < -0.3 is 4.98 Å². The molecule has 80 valence electrons. The van der Waals surface area contributed by atoms with Crippen molar-refractivity contribution in [3.63, 3.8) is 0 Å². The second-order valence-corrected chi connectivity index (χ2v) is 5.47. The number of halogens is 1. The third-order valence-electron chi connectivity index (χ3n) is 2.25. The Kier molecular flexibility index (Phi) is 2.47. The normalized spacial score (nSPS) is 12.3. The number of aromatic amines is 1. The first-order valence-corrected chi connectivity index (χ1v) is 5.46. The molecule has 0 aliphatic carbocycles. The zero-order valence-electron chi connectivity index (χ0n) is 9.26. The van der Waals surface area contributed by atoms with Crippen LogP contribution in [0.25, 0.3) is 11.0 Å². The maximum Gasteiger partial charge on any atom is 0.201 e. The highest BCUT2D eigenvalue weighted by Gasteiger charge is 2.12. The number of aromatic nitrogens is 2. The molecule has 0 aliphatic heterocycles. The van der Waals surface area contributed by atoms with E-state index in [9.17, 15) is 0 Å². The zero-order chi connectivity index (χ0) is 11.1. The third kappa shape index (κ3) is 2.51. The summed E-state index contributed by atoms with van der Waals surface area (Å²) in [6, 6.07) is 6.25. The van der Waals surface area contributed by atoms with Gasteiger partial charge in [0.2, 0.25) is 5.28 Å². The summed E-state index contributed by atoms with van der Waals surface area (Å²) in [6.45, 7) is 6.70. The molecular weight excluding hydrogens is 208 g/mol. The van der Waals surface area contributed by atoms with E-state index >= 15 is 0 Å². The minimum Gasteiger partial charge on any atom is -0.329 e. The van der Waals surface area contributed by atoms with Gasteiger partial charge in [-0.15, -0.1) is 0 Å². The van der Waals surface area contributed by atoms with E-state index in [1.807, 2.05) is 6.07 Å². The molecule has 0 aliphatic rings. The molecule has 3 heteroatoms. The molecule has 2 rings (SSSR count). The van der Waals surface area contributed by atoms with Crippen LogP contribution in [0.4, 0.5) is 0 Å². The fourth-order valence-electron chi connectivity index (χ4n) is 1.75. The molecule has 1 aromatic heterocycles. The van der Waals surface area contributed by atoms with Crippen molar-refractivity contribution in [2.75, 3.05) is 0 Å². The third-order valence-corrected chi connectivity index (χ3v) is 2.43. The summed E-state index contributed by atoms with van der Waals surface area (Å²) in [7, 11) is 0. The highest BCUT2D eigenvalue weighted by molar-refractivity contribution is 6.29. The summed E-state index contributed by atoms with van der Waals surface area (Å²) in [5.41, 5.74) is 3.56. The van der Waals surface area contributed by atoms with Gasteiger partial charge in [0.1, 0.15) is 0 Å². The standard InChI is InChI=1S/C12H15ClN2/c1-12(2,3)7-8-4-5-9-10(6-8)15-11(13)14-9/h4-6H,7H2,1-3H3,(H,14,15). The van der Waals surface area contributed by atoms with E-state index in [4.69, 9.17) is 11.6 Å². The molecular formula is C12H15ClN2. The SMILES string of the molecule is CC(C)(C)Cc1ccc2nc(Cl)[nH]c2c1. The summed E-state index contributed by atoms with van der Waals surface area (Å²) in [5.74, 6) is 0. The zero-order valence-corrected chi connectivity index (χ0v) is 10.0. The number of imidazole rings is 1. The van der Waals surface area contributed by atoms with Gasteiger partial charge in [-0.25, -0.2) is 4.98 Å². The Morgan fingerprint density at radius 3 is 2.73 bits per heavy atom. The molecule has 0 atom stereocenters. The lowest BCUT2D eigenvalue weighted by Crippen LogP contribution is -2.08. The van der Waals surface area contributed by atoms with E-state index < -0.39 is 0 Å². The highest BCUT2D eigenvalue weighted by atomic mass is 35.5. The quantitative estimate of drug-likeness (QED) is 0.781. The van der Waals surface area contributed by atoms with Crippen LogP contribution in [0.2, 0.25) is 5.28 Å². The van der Waals surface area contributed by atoms with Crippen molar-refractivity contribution < 1.29 is 0 Å². The van der Waals surface area contributed by atoms with Crippen LogP contribution in [-0.4, -0.2) is 9.97 Å². The van der Waals surface area contributed by atoms with Crippen LogP contribution in [0.3, 0.4) is 0 Å². The molecule has 15 heavy (non-hydrogen) atoms. The molecule has 0 spiro atoms. The largest absolute Gasteiger partial charge is 0.329 e. The van der Waals surface area contributed by atoms with Crippen LogP contribution in [0.1, 0.15) is 26.3 Å². The van der Waals surface area contributed by atoms with Gasteiger partial charge in [-0.05, 0) is 41.1 Å². The predicted molar refractivity (Wildman–Crippen MR) is 64.3 cm³/mol. The van der Waals surface area contributed by atoms with Gasteiger partial charge in [0, 0.05) is 0 Å².